The van der Waals surface area contributed by atoms with Gasteiger partial charge in [0.2, 0.25) is 22.7 Å². The Morgan fingerprint density at radius 2 is 2.05 bits per heavy atom. The van der Waals surface area contributed by atoms with Gasteiger partial charge in [0.1, 0.15) is 0 Å². The van der Waals surface area contributed by atoms with Crippen molar-refractivity contribution in [1.82, 2.24) is 9.62 Å². The van der Waals surface area contributed by atoms with E-state index in [2.05, 4.69) is 4.72 Å². The first-order valence-electron chi connectivity index (χ1n) is 7.07. The fraction of sp³-hybridized carbons (Fsp3) is 0.500. The lowest BCUT2D eigenvalue weighted by molar-refractivity contribution is -0.128. The van der Waals surface area contributed by atoms with Gasteiger partial charge in [0, 0.05) is 19.7 Å². The molecule has 1 aliphatic rings. The van der Waals surface area contributed by atoms with E-state index in [1.165, 1.54) is 23.1 Å². The van der Waals surface area contributed by atoms with E-state index in [0.717, 1.165) is 12.8 Å². The Morgan fingerprint density at radius 3 is 2.77 bits per heavy atom. The number of likely N-dealkylation sites (N-methyl/N-ethyl adjacent to an activating group) is 1. The summed E-state index contributed by atoms with van der Waals surface area (Å²) in [6, 6.07) is 4.34. The molecule has 22 heavy (non-hydrogen) atoms. The van der Waals surface area contributed by atoms with E-state index in [0.29, 0.717) is 18.0 Å². The second kappa shape index (κ2) is 6.97. The predicted octanol–water partition coefficient (Wildman–Crippen LogP) is 0.952. The molecule has 1 aromatic rings. The van der Waals surface area contributed by atoms with Crippen molar-refractivity contribution in [2.24, 2.45) is 0 Å². The van der Waals surface area contributed by atoms with Gasteiger partial charge < -0.3 is 14.4 Å². The first-order valence-corrected chi connectivity index (χ1v) is 8.55. The van der Waals surface area contributed by atoms with Crippen molar-refractivity contribution in [3.8, 4) is 11.5 Å². The first kappa shape index (κ1) is 16.6. The summed E-state index contributed by atoms with van der Waals surface area (Å²) < 4.78 is 37.0. The summed E-state index contributed by atoms with van der Waals surface area (Å²) in [5, 5.41) is 0. The number of hydrogen-bond acceptors (Lipinski definition) is 5. The van der Waals surface area contributed by atoms with Crippen LogP contribution in [0.3, 0.4) is 0 Å². The number of benzene rings is 1. The van der Waals surface area contributed by atoms with Crippen molar-refractivity contribution in [2.75, 3.05) is 26.9 Å². The van der Waals surface area contributed by atoms with Gasteiger partial charge in [0.25, 0.3) is 0 Å². The maximum absolute atomic E-state index is 12.2. The molecule has 1 aliphatic heterocycles. The number of carbonyl (C=O) groups excluding carboxylic acids is 1. The van der Waals surface area contributed by atoms with Gasteiger partial charge in [-0.05, 0) is 18.6 Å². The summed E-state index contributed by atoms with van der Waals surface area (Å²) in [6.45, 7) is 2.45. The number of unbranched alkanes of at least 4 members (excludes halogenated alkanes) is 1. The fourth-order valence-electron chi connectivity index (χ4n) is 1.94. The summed E-state index contributed by atoms with van der Waals surface area (Å²) >= 11 is 0. The van der Waals surface area contributed by atoms with Crippen LogP contribution in [0.25, 0.3) is 0 Å². The normalized spacial score (nSPS) is 13.2. The van der Waals surface area contributed by atoms with Crippen LogP contribution < -0.4 is 14.2 Å². The summed E-state index contributed by atoms with van der Waals surface area (Å²) in [6.07, 6.45) is 1.86. The zero-order chi connectivity index (χ0) is 16.2. The number of hydrogen-bond donors (Lipinski definition) is 1. The van der Waals surface area contributed by atoms with Gasteiger partial charge in [-0.15, -0.1) is 0 Å². The number of carbonyl (C=O) groups is 1. The molecule has 0 saturated carbocycles. The average Bonchev–Trinajstić information content (AvgIpc) is 2.97. The second-order valence-electron chi connectivity index (χ2n) is 5.01. The molecule has 0 atom stereocenters. The van der Waals surface area contributed by atoms with Crippen LogP contribution in [0.5, 0.6) is 11.5 Å². The highest BCUT2D eigenvalue weighted by Crippen LogP contribution is 2.33. The molecule has 1 aromatic carbocycles. The Balaban J connectivity index is 1.98. The lowest BCUT2D eigenvalue weighted by Crippen LogP contribution is -2.38. The quantitative estimate of drug-likeness (QED) is 0.805. The molecule has 1 heterocycles. The molecule has 0 radical (unpaired) electrons. The van der Waals surface area contributed by atoms with Crippen LogP contribution in [-0.4, -0.2) is 46.2 Å². The van der Waals surface area contributed by atoms with Crippen LogP contribution in [0.15, 0.2) is 23.1 Å². The van der Waals surface area contributed by atoms with Crippen molar-refractivity contribution >= 4 is 15.9 Å². The highest BCUT2D eigenvalue weighted by atomic mass is 32.2. The summed E-state index contributed by atoms with van der Waals surface area (Å²) in [4.78, 5) is 13.4. The number of sulfonamides is 1. The monoisotopic (exact) mass is 328 g/mol. The topological polar surface area (TPSA) is 84.9 Å². The van der Waals surface area contributed by atoms with E-state index in [1.807, 2.05) is 6.92 Å². The Kier molecular flexibility index (Phi) is 5.25. The maximum Gasteiger partial charge on any atom is 0.241 e. The molecule has 0 fully saturated rings. The Bertz CT molecular complexity index is 645. The molecule has 0 aliphatic carbocycles. The molecular formula is C14H20N2O5S. The minimum Gasteiger partial charge on any atom is -0.454 e. The third-order valence-corrected chi connectivity index (χ3v) is 4.74. The first-order chi connectivity index (χ1) is 10.4. The molecule has 0 unspecified atom stereocenters. The molecule has 0 aromatic heterocycles. The lowest BCUT2D eigenvalue weighted by Gasteiger charge is -2.17. The second-order valence-corrected chi connectivity index (χ2v) is 6.78. The summed E-state index contributed by atoms with van der Waals surface area (Å²) in [7, 11) is -2.10. The molecule has 8 heteroatoms. The van der Waals surface area contributed by atoms with Crippen molar-refractivity contribution in [2.45, 2.75) is 24.7 Å². The van der Waals surface area contributed by atoms with Crippen LogP contribution in [0.4, 0.5) is 0 Å². The van der Waals surface area contributed by atoms with Crippen LogP contribution in [0, 0.1) is 0 Å². The number of nitrogens with zero attached hydrogens (tertiary/aromatic N) is 1. The summed E-state index contributed by atoms with van der Waals surface area (Å²) in [5.41, 5.74) is 0. The molecule has 7 nitrogen and oxygen atoms in total. The van der Waals surface area contributed by atoms with Crippen molar-refractivity contribution < 1.29 is 22.7 Å². The van der Waals surface area contributed by atoms with Gasteiger partial charge in [-0.3, -0.25) is 4.79 Å². The largest absolute Gasteiger partial charge is 0.454 e. The van der Waals surface area contributed by atoms with Gasteiger partial charge in [0.15, 0.2) is 11.5 Å². The summed E-state index contributed by atoms with van der Waals surface area (Å²) in [5.74, 6) is 0.626. The Morgan fingerprint density at radius 1 is 1.32 bits per heavy atom. The minimum atomic E-state index is -3.76. The molecule has 1 N–H and O–H groups in total. The highest BCUT2D eigenvalue weighted by molar-refractivity contribution is 7.89. The van der Waals surface area contributed by atoms with Gasteiger partial charge >= 0.3 is 0 Å². The van der Waals surface area contributed by atoms with Crippen LogP contribution in [-0.2, 0) is 14.8 Å². The standard InChI is InChI=1S/C14H20N2O5S/c1-3-4-7-16(2)14(17)9-15-22(18,19)11-5-6-12-13(8-11)21-10-20-12/h5-6,8,15H,3-4,7,9-10H2,1-2H3. The van der Waals surface area contributed by atoms with Gasteiger partial charge in [-0.1, -0.05) is 13.3 Å². The van der Waals surface area contributed by atoms with Gasteiger partial charge in [-0.2, -0.15) is 0 Å². The van der Waals surface area contributed by atoms with Crippen molar-refractivity contribution in [3.05, 3.63) is 18.2 Å². The van der Waals surface area contributed by atoms with E-state index in [9.17, 15) is 13.2 Å². The third-order valence-electron chi connectivity index (χ3n) is 3.34. The Labute approximate surface area is 130 Å². The highest BCUT2D eigenvalue weighted by Gasteiger charge is 2.21. The molecule has 0 bridgehead atoms. The van der Waals surface area contributed by atoms with Crippen molar-refractivity contribution in [1.29, 1.82) is 0 Å². The molecule has 122 valence electrons. The molecule has 2 rings (SSSR count). The van der Waals surface area contributed by atoms with Gasteiger partial charge in [-0.25, -0.2) is 13.1 Å². The predicted molar refractivity (Wildman–Crippen MR) is 80.3 cm³/mol. The average molecular weight is 328 g/mol. The van der Waals surface area contributed by atoms with Crippen LogP contribution in [0.1, 0.15) is 19.8 Å². The van der Waals surface area contributed by atoms with E-state index in [-0.39, 0.29) is 24.1 Å². The number of nitrogens with one attached hydrogen (secondary N) is 1. The van der Waals surface area contributed by atoms with E-state index < -0.39 is 10.0 Å². The van der Waals surface area contributed by atoms with Crippen LogP contribution >= 0.6 is 0 Å². The molecule has 0 spiro atoms. The fourth-order valence-corrected chi connectivity index (χ4v) is 2.93. The number of rotatable bonds is 7. The molecule has 0 saturated heterocycles. The molecular weight excluding hydrogens is 308 g/mol. The number of amides is 1. The van der Waals surface area contributed by atoms with Crippen LogP contribution in [0.2, 0.25) is 0 Å². The number of ether oxygens (including phenoxy) is 2. The SMILES string of the molecule is CCCCN(C)C(=O)CNS(=O)(=O)c1ccc2c(c1)OCO2. The van der Waals surface area contributed by atoms with Gasteiger partial charge in [0.05, 0.1) is 11.4 Å². The minimum absolute atomic E-state index is 0.0424. The van der Waals surface area contributed by atoms with Crippen molar-refractivity contribution in [3.63, 3.8) is 0 Å². The maximum atomic E-state index is 12.2. The lowest BCUT2D eigenvalue weighted by atomic mass is 10.3. The van der Waals surface area contributed by atoms with E-state index >= 15 is 0 Å². The zero-order valence-corrected chi connectivity index (χ0v) is 13.5. The number of fused-ring (bicyclic) bond motifs is 1. The third kappa shape index (κ3) is 3.89. The smallest absolute Gasteiger partial charge is 0.241 e. The Hall–Kier alpha value is -1.80. The zero-order valence-electron chi connectivity index (χ0n) is 12.7. The molecule has 1 amide bonds. The van der Waals surface area contributed by atoms with E-state index in [1.54, 1.807) is 7.05 Å². The van der Waals surface area contributed by atoms with E-state index in [4.69, 9.17) is 9.47 Å².